The van der Waals surface area contributed by atoms with Crippen LogP contribution < -0.4 is 5.32 Å². The Morgan fingerprint density at radius 3 is 2.63 bits per heavy atom. The lowest BCUT2D eigenvalue weighted by atomic mass is 10.0. The number of carbonyl (C=O) groups is 2. The monoisotopic (exact) mass is 278 g/mol. The minimum atomic E-state index is -2.58. The van der Waals surface area contributed by atoms with Gasteiger partial charge < -0.3 is 9.87 Å². The van der Waals surface area contributed by atoms with Gasteiger partial charge in [0.25, 0.3) is 5.91 Å². The average Bonchev–Trinajstić information content (AvgIpc) is 2.60. The Bertz CT molecular complexity index is 553. The number of hydrogen-bond donors (Lipinski definition) is 1. The summed E-state index contributed by atoms with van der Waals surface area (Å²) >= 11 is -2.58. The molecular formula is C13H12NO4S-. The zero-order valence-electron chi connectivity index (χ0n) is 10.00. The highest BCUT2D eigenvalue weighted by atomic mass is 32.2. The number of amides is 1. The second-order valence-electron chi connectivity index (χ2n) is 4.14. The largest absolute Gasteiger partial charge is 0.768 e. The molecule has 0 fully saturated rings. The predicted molar refractivity (Wildman–Crippen MR) is 68.9 cm³/mol. The van der Waals surface area contributed by atoms with E-state index < -0.39 is 23.0 Å². The summed E-state index contributed by atoms with van der Waals surface area (Å²) in [5.74, 6) is -0.930. The van der Waals surface area contributed by atoms with Crippen molar-refractivity contribution in [2.45, 2.75) is 18.9 Å². The molecule has 2 atom stereocenters. The summed E-state index contributed by atoms with van der Waals surface area (Å²) in [6, 6.07) is 7.92. The third kappa shape index (κ3) is 3.15. The second-order valence-corrected chi connectivity index (χ2v) is 5.05. The molecule has 1 aromatic carbocycles. The van der Waals surface area contributed by atoms with Gasteiger partial charge in [-0.05, 0) is 23.9 Å². The highest BCUT2D eigenvalue weighted by Gasteiger charge is 2.25. The molecule has 5 nitrogen and oxygen atoms in total. The standard InChI is InChI=1S/C13H13NO4S/c15-12(9-5-2-1-3-6-9)10-7-4-8-11(19(17)18)13(16)14-10/h1-3,5-6,8,10H,4,7H2,(H,14,16)(H,17,18)/p-1. The number of carbonyl (C=O) groups excluding carboxylic acids is 2. The van der Waals surface area contributed by atoms with Gasteiger partial charge in [-0.1, -0.05) is 36.4 Å². The molecule has 1 amide bonds. The van der Waals surface area contributed by atoms with Crippen molar-refractivity contribution in [3.63, 3.8) is 0 Å². The molecule has 19 heavy (non-hydrogen) atoms. The van der Waals surface area contributed by atoms with E-state index in [0.29, 0.717) is 18.4 Å². The maximum Gasteiger partial charge on any atom is 0.259 e. The maximum absolute atomic E-state index is 12.2. The summed E-state index contributed by atoms with van der Waals surface area (Å²) in [7, 11) is 0. The molecule has 1 aromatic rings. The van der Waals surface area contributed by atoms with Crippen molar-refractivity contribution in [1.82, 2.24) is 5.32 Å². The van der Waals surface area contributed by atoms with Gasteiger partial charge in [0, 0.05) is 5.56 Å². The third-order valence-corrected chi connectivity index (χ3v) is 3.58. The van der Waals surface area contributed by atoms with Crippen LogP contribution in [0.15, 0.2) is 41.3 Å². The third-order valence-electron chi connectivity index (χ3n) is 2.87. The van der Waals surface area contributed by atoms with E-state index in [-0.39, 0.29) is 10.7 Å². The summed E-state index contributed by atoms with van der Waals surface area (Å²) in [5, 5.41) is 2.46. The lowest BCUT2D eigenvalue weighted by molar-refractivity contribution is -0.117. The highest BCUT2D eigenvalue weighted by Crippen LogP contribution is 2.14. The van der Waals surface area contributed by atoms with Gasteiger partial charge in [-0.2, -0.15) is 0 Å². The molecule has 0 aromatic heterocycles. The van der Waals surface area contributed by atoms with Crippen LogP contribution in [0.2, 0.25) is 0 Å². The van der Waals surface area contributed by atoms with Crippen molar-refractivity contribution in [3.05, 3.63) is 46.9 Å². The van der Waals surface area contributed by atoms with Gasteiger partial charge in [0.15, 0.2) is 5.78 Å². The Labute approximate surface area is 113 Å². The van der Waals surface area contributed by atoms with E-state index >= 15 is 0 Å². The van der Waals surface area contributed by atoms with Crippen molar-refractivity contribution in [1.29, 1.82) is 0 Å². The van der Waals surface area contributed by atoms with Crippen LogP contribution in [0.3, 0.4) is 0 Å². The normalized spacial score (nSPS) is 21.0. The molecule has 2 unspecified atom stereocenters. The van der Waals surface area contributed by atoms with E-state index in [1.54, 1.807) is 30.3 Å². The first-order valence-electron chi connectivity index (χ1n) is 5.79. The average molecular weight is 278 g/mol. The molecule has 1 N–H and O–H groups in total. The first-order chi connectivity index (χ1) is 9.09. The Balaban J connectivity index is 2.15. The molecule has 1 heterocycles. The fourth-order valence-electron chi connectivity index (χ4n) is 1.92. The molecule has 6 heteroatoms. The van der Waals surface area contributed by atoms with Crippen molar-refractivity contribution >= 4 is 22.8 Å². The van der Waals surface area contributed by atoms with Crippen LogP contribution in [0.1, 0.15) is 23.2 Å². The zero-order valence-corrected chi connectivity index (χ0v) is 10.8. The van der Waals surface area contributed by atoms with E-state index in [2.05, 4.69) is 5.32 Å². The summed E-state index contributed by atoms with van der Waals surface area (Å²) in [6.45, 7) is 0. The Morgan fingerprint density at radius 2 is 2.00 bits per heavy atom. The van der Waals surface area contributed by atoms with Crippen LogP contribution in [-0.2, 0) is 15.9 Å². The smallest absolute Gasteiger partial charge is 0.259 e. The summed E-state index contributed by atoms with van der Waals surface area (Å²) < 4.78 is 21.7. The van der Waals surface area contributed by atoms with Crippen molar-refractivity contribution < 1.29 is 18.4 Å². The van der Waals surface area contributed by atoms with Crippen LogP contribution in [0.25, 0.3) is 0 Å². The van der Waals surface area contributed by atoms with E-state index in [1.807, 2.05) is 0 Å². The summed E-state index contributed by atoms with van der Waals surface area (Å²) in [5.41, 5.74) is 0.500. The zero-order chi connectivity index (χ0) is 13.8. The second kappa shape index (κ2) is 5.90. The number of hydrogen-bond acceptors (Lipinski definition) is 4. The number of ketones is 1. The number of allylic oxidation sites excluding steroid dienone is 1. The van der Waals surface area contributed by atoms with Crippen LogP contribution in [0.5, 0.6) is 0 Å². The molecule has 0 bridgehead atoms. The lowest BCUT2D eigenvalue weighted by Crippen LogP contribution is -2.40. The van der Waals surface area contributed by atoms with Gasteiger partial charge in [-0.3, -0.25) is 13.8 Å². The fourth-order valence-corrected chi connectivity index (χ4v) is 2.38. The molecule has 0 spiro atoms. The Morgan fingerprint density at radius 1 is 1.32 bits per heavy atom. The molecule has 1 aliphatic rings. The van der Waals surface area contributed by atoms with Crippen molar-refractivity contribution in [3.8, 4) is 0 Å². The van der Waals surface area contributed by atoms with E-state index in [9.17, 15) is 18.4 Å². The summed E-state index contributed by atoms with van der Waals surface area (Å²) in [4.78, 5) is 23.6. The van der Waals surface area contributed by atoms with Gasteiger partial charge in [-0.15, -0.1) is 0 Å². The molecule has 2 rings (SSSR count). The SMILES string of the molecule is O=C1NC(C(=O)c2ccccc2)CCC=C1S(=O)[O-]. The summed E-state index contributed by atoms with van der Waals surface area (Å²) in [6.07, 6.45) is 2.10. The van der Waals surface area contributed by atoms with Gasteiger partial charge >= 0.3 is 0 Å². The molecule has 0 aliphatic carbocycles. The number of nitrogens with one attached hydrogen (secondary N) is 1. The maximum atomic E-state index is 12.2. The number of rotatable bonds is 3. The topological polar surface area (TPSA) is 86.3 Å². The van der Waals surface area contributed by atoms with Crippen LogP contribution in [-0.4, -0.2) is 26.5 Å². The molecule has 0 radical (unpaired) electrons. The van der Waals surface area contributed by atoms with E-state index in [4.69, 9.17) is 0 Å². The van der Waals surface area contributed by atoms with Crippen LogP contribution >= 0.6 is 0 Å². The molecule has 0 saturated heterocycles. The van der Waals surface area contributed by atoms with Crippen LogP contribution in [0.4, 0.5) is 0 Å². The lowest BCUT2D eigenvalue weighted by Gasteiger charge is -2.15. The molecule has 100 valence electrons. The number of Topliss-reactive ketones (excluding diaryl/α,β-unsaturated/α-hetero) is 1. The predicted octanol–water partition coefficient (Wildman–Crippen LogP) is 0.911. The molecule has 1 aliphatic heterocycles. The van der Waals surface area contributed by atoms with Gasteiger partial charge in [0.05, 0.1) is 10.9 Å². The minimum Gasteiger partial charge on any atom is -0.768 e. The van der Waals surface area contributed by atoms with Crippen molar-refractivity contribution in [2.75, 3.05) is 0 Å². The minimum absolute atomic E-state index is 0.208. The molecular weight excluding hydrogens is 266 g/mol. The van der Waals surface area contributed by atoms with Gasteiger partial charge in [0.1, 0.15) is 0 Å². The highest BCUT2D eigenvalue weighted by molar-refractivity contribution is 7.84. The van der Waals surface area contributed by atoms with E-state index in [1.165, 1.54) is 6.08 Å². The van der Waals surface area contributed by atoms with Gasteiger partial charge in [0.2, 0.25) is 0 Å². The van der Waals surface area contributed by atoms with Crippen LogP contribution in [0, 0.1) is 0 Å². The first-order valence-corrected chi connectivity index (χ1v) is 6.86. The first kappa shape index (κ1) is 13.6. The quantitative estimate of drug-likeness (QED) is 0.657. The Hall–Kier alpha value is -1.79. The number of benzene rings is 1. The van der Waals surface area contributed by atoms with E-state index in [0.717, 1.165) is 0 Å². The van der Waals surface area contributed by atoms with Crippen molar-refractivity contribution in [2.24, 2.45) is 0 Å². The molecule has 0 saturated carbocycles. The Kier molecular flexibility index (Phi) is 4.24. The van der Waals surface area contributed by atoms with Gasteiger partial charge in [-0.25, -0.2) is 0 Å². The fraction of sp³-hybridized carbons (Fsp3) is 0.231.